The van der Waals surface area contributed by atoms with Gasteiger partial charge >= 0.3 is 0 Å². The minimum atomic E-state index is 0.630. The van der Waals surface area contributed by atoms with Crippen LogP contribution in [0.2, 0.25) is 0 Å². The van der Waals surface area contributed by atoms with Crippen LogP contribution in [0.1, 0.15) is 25.5 Å². The van der Waals surface area contributed by atoms with Gasteiger partial charge in [0.25, 0.3) is 0 Å². The molecule has 1 fully saturated rings. The summed E-state index contributed by atoms with van der Waals surface area (Å²) in [4.78, 5) is 2.43. The lowest BCUT2D eigenvalue weighted by Gasteiger charge is -2.22. The molecule has 2 aromatic rings. The van der Waals surface area contributed by atoms with Crippen LogP contribution in [0, 0.1) is 0 Å². The fourth-order valence-electron chi connectivity index (χ4n) is 2.88. The number of benzene rings is 1. The first-order chi connectivity index (χ1) is 10.3. The standard InChI is InChI=1S/C17H23N3O/c1-2-20(12-15-9-6-10-18-15)13-16-11-17(21-19-16)14-7-4-3-5-8-14/h3-5,7-8,11,15,18H,2,6,9-10,12-13H2,1H3. The van der Waals surface area contributed by atoms with Gasteiger partial charge in [-0.1, -0.05) is 42.4 Å². The third-order valence-electron chi connectivity index (χ3n) is 4.09. The number of nitrogens with zero attached hydrogens (tertiary/aromatic N) is 2. The molecule has 2 heterocycles. The van der Waals surface area contributed by atoms with Crippen molar-refractivity contribution in [3.05, 3.63) is 42.1 Å². The summed E-state index contributed by atoms with van der Waals surface area (Å²) < 4.78 is 5.47. The Hall–Kier alpha value is -1.65. The molecule has 1 unspecified atom stereocenters. The van der Waals surface area contributed by atoms with E-state index in [1.54, 1.807) is 0 Å². The SMILES string of the molecule is CCN(Cc1cc(-c2ccccc2)on1)CC1CCCN1. The highest BCUT2D eigenvalue weighted by Crippen LogP contribution is 2.20. The first kappa shape index (κ1) is 14.3. The molecular weight excluding hydrogens is 262 g/mol. The zero-order valence-corrected chi connectivity index (χ0v) is 12.6. The van der Waals surface area contributed by atoms with Crippen molar-refractivity contribution in [3.8, 4) is 11.3 Å². The maximum Gasteiger partial charge on any atom is 0.167 e. The van der Waals surface area contributed by atoms with Gasteiger partial charge in [-0.3, -0.25) is 4.90 Å². The van der Waals surface area contributed by atoms with Crippen LogP contribution in [0.25, 0.3) is 11.3 Å². The quantitative estimate of drug-likeness (QED) is 0.886. The lowest BCUT2D eigenvalue weighted by molar-refractivity contribution is 0.246. The molecule has 0 spiro atoms. The lowest BCUT2D eigenvalue weighted by Crippen LogP contribution is -2.37. The summed E-state index contributed by atoms with van der Waals surface area (Å²) in [7, 11) is 0. The van der Waals surface area contributed by atoms with Crippen molar-refractivity contribution in [1.82, 2.24) is 15.4 Å². The normalized spacial score (nSPS) is 18.5. The van der Waals surface area contributed by atoms with Gasteiger partial charge in [0.1, 0.15) is 0 Å². The average molecular weight is 285 g/mol. The molecule has 21 heavy (non-hydrogen) atoms. The van der Waals surface area contributed by atoms with Gasteiger partial charge in [0.15, 0.2) is 5.76 Å². The van der Waals surface area contributed by atoms with E-state index in [9.17, 15) is 0 Å². The fourth-order valence-corrected chi connectivity index (χ4v) is 2.88. The van der Waals surface area contributed by atoms with E-state index in [0.29, 0.717) is 6.04 Å². The lowest BCUT2D eigenvalue weighted by atomic mass is 10.1. The molecule has 0 amide bonds. The summed E-state index contributed by atoms with van der Waals surface area (Å²) in [6.07, 6.45) is 2.58. The van der Waals surface area contributed by atoms with Gasteiger partial charge in [0.2, 0.25) is 0 Å². The molecule has 1 aliphatic heterocycles. The van der Waals surface area contributed by atoms with Crippen LogP contribution < -0.4 is 5.32 Å². The molecule has 1 atom stereocenters. The average Bonchev–Trinajstić information content (AvgIpc) is 3.19. The van der Waals surface area contributed by atoms with Crippen LogP contribution in [0.5, 0.6) is 0 Å². The van der Waals surface area contributed by atoms with Crippen LogP contribution in [-0.4, -0.2) is 35.7 Å². The van der Waals surface area contributed by atoms with Crippen molar-refractivity contribution >= 4 is 0 Å². The minimum absolute atomic E-state index is 0.630. The minimum Gasteiger partial charge on any atom is -0.356 e. The van der Waals surface area contributed by atoms with Gasteiger partial charge in [-0.15, -0.1) is 0 Å². The van der Waals surface area contributed by atoms with Gasteiger partial charge in [-0.2, -0.15) is 0 Å². The van der Waals surface area contributed by atoms with E-state index in [1.807, 2.05) is 30.3 Å². The van der Waals surface area contributed by atoms with Gasteiger partial charge in [0, 0.05) is 30.8 Å². The molecule has 1 saturated heterocycles. The van der Waals surface area contributed by atoms with Crippen LogP contribution in [0.3, 0.4) is 0 Å². The van der Waals surface area contributed by atoms with E-state index in [0.717, 1.165) is 43.2 Å². The van der Waals surface area contributed by atoms with Crippen molar-refractivity contribution in [1.29, 1.82) is 0 Å². The smallest absolute Gasteiger partial charge is 0.167 e. The highest BCUT2D eigenvalue weighted by atomic mass is 16.5. The first-order valence-corrected chi connectivity index (χ1v) is 7.82. The number of rotatable bonds is 6. The van der Waals surface area contributed by atoms with Gasteiger partial charge in [-0.05, 0) is 25.9 Å². The maximum atomic E-state index is 5.47. The van der Waals surface area contributed by atoms with Crippen LogP contribution in [0.4, 0.5) is 0 Å². The Morgan fingerprint density at radius 2 is 2.19 bits per heavy atom. The Bertz CT molecular complexity index is 546. The molecule has 1 aromatic heterocycles. The van der Waals surface area contributed by atoms with E-state index >= 15 is 0 Å². The van der Waals surface area contributed by atoms with Gasteiger partial charge in [-0.25, -0.2) is 0 Å². The molecule has 3 rings (SSSR count). The predicted molar refractivity (Wildman–Crippen MR) is 83.9 cm³/mol. The molecule has 112 valence electrons. The highest BCUT2D eigenvalue weighted by molar-refractivity contribution is 5.56. The molecule has 1 aliphatic rings. The van der Waals surface area contributed by atoms with Gasteiger partial charge in [0.05, 0.1) is 5.69 Å². The van der Waals surface area contributed by atoms with Crippen LogP contribution in [-0.2, 0) is 6.54 Å². The van der Waals surface area contributed by atoms with Gasteiger partial charge < -0.3 is 9.84 Å². The largest absolute Gasteiger partial charge is 0.356 e. The maximum absolute atomic E-state index is 5.47. The zero-order valence-electron chi connectivity index (χ0n) is 12.6. The Kier molecular flexibility index (Phi) is 4.68. The Balaban J connectivity index is 1.62. The summed E-state index contributed by atoms with van der Waals surface area (Å²) in [6, 6.07) is 12.8. The summed E-state index contributed by atoms with van der Waals surface area (Å²) in [5.74, 6) is 0.848. The van der Waals surface area contributed by atoms with E-state index in [2.05, 4.69) is 28.4 Å². The molecule has 0 saturated carbocycles. The third kappa shape index (κ3) is 3.71. The molecule has 0 radical (unpaired) electrons. The third-order valence-corrected chi connectivity index (χ3v) is 4.09. The van der Waals surface area contributed by atoms with Crippen LogP contribution >= 0.6 is 0 Å². The van der Waals surface area contributed by atoms with E-state index in [4.69, 9.17) is 4.52 Å². The van der Waals surface area contributed by atoms with Crippen molar-refractivity contribution in [2.24, 2.45) is 0 Å². The monoisotopic (exact) mass is 285 g/mol. The number of hydrogen-bond acceptors (Lipinski definition) is 4. The summed E-state index contributed by atoms with van der Waals surface area (Å²) in [5, 5.41) is 7.77. The molecule has 0 aliphatic carbocycles. The summed E-state index contributed by atoms with van der Waals surface area (Å²) >= 11 is 0. The molecule has 1 aromatic carbocycles. The van der Waals surface area contributed by atoms with Crippen molar-refractivity contribution < 1.29 is 4.52 Å². The molecule has 4 heteroatoms. The van der Waals surface area contributed by atoms with E-state index in [1.165, 1.54) is 12.8 Å². The summed E-state index contributed by atoms with van der Waals surface area (Å²) in [6.45, 7) is 6.33. The second-order valence-electron chi connectivity index (χ2n) is 5.67. The molecule has 1 N–H and O–H groups in total. The van der Waals surface area contributed by atoms with E-state index in [-0.39, 0.29) is 0 Å². The van der Waals surface area contributed by atoms with E-state index < -0.39 is 0 Å². The number of hydrogen-bond donors (Lipinski definition) is 1. The molecular formula is C17H23N3O. The Labute approximate surface area is 126 Å². The first-order valence-electron chi connectivity index (χ1n) is 7.82. The van der Waals surface area contributed by atoms with Crippen molar-refractivity contribution in [3.63, 3.8) is 0 Å². The second-order valence-corrected chi connectivity index (χ2v) is 5.67. The topological polar surface area (TPSA) is 41.3 Å². The highest BCUT2D eigenvalue weighted by Gasteiger charge is 2.18. The zero-order chi connectivity index (χ0) is 14.5. The summed E-state index contributed by atoms with van der Waals surface area (Å²) in [5.41, 5.74) is 2.09. The number of nitrogens with one attached hydrogen (secondary N) is 1. The molecule has 0 bridgehead atoms. The number of likely N-dealkylation sites (N-methyl/N-ethyl adjacent to an activating group) is 1. The van der Waals surface area contributed by atoms with Crippen molar-refractivity contribution in [2.45, 2.75) is 32.4 Å². The Morgan fingerprint density at radius 1 is 1.33 bits per heavy atom. The number of aromatic nitrogens is 1. The second kappa shape index (κ2) is 6.87. The van der Waals surface area contributed by atoms with Crippen molar-refractivity contribution in [2.75, 3.05) is 19.6 Å². The Morgan fingerprint density at radius 3 is 2.90 bits per heavy atom. The molecule has 4 nitrogen and oxygen atoms in total. The predicted octanol–water partition coefficient (Wildman–Crippen LogP) is 2.92. The van der Waals surface area contributed by atoms with Crippen LogP contribution in [0.15, 0.2) is 40.9 Å². The fraction of sp³-hybridized carbons (Fsp3) is 0.471.